The van der Waals surface area contributed by atoms with Gasteiger partial charge in [0.05, 0.1) is 17.2 Å². The van der Waals surface area contributed by atoms with E-state index in [4.69, 9.17) is 4.74 Å². The predicted octanol–water partition coefficient (Wildman–Crippen LogP) is 2.79. The number of hydrogen-bond acceptors (Lipinski definition) is 3. The van der Waals surface area contributed by atoms with E-state index in [1.165, 1.54) is 6.07 Å². The molecule has 25 heavy (non-hydrogen) atoms. The van der Waals surface area contributed by atoms with Crippen LogP contribution in [0.5, 0.6) is 0 Å². The van der Waals surface area contributed by atoms with E-state index in [0.29, 0.717) is 31.6 Å². The summed E-state index contributed by atoms with van der Waals surface area (Å²) in [6, 6.07) is 6.34. The molecule has 2 heterocycles. The summed E-state index contributed by atoms with van der Waals surface area (Å²) in [6.07, 6.45) is 2.84. The zero-order chi connectivity index (χ0) is 18.0. The number of halogens is 1. The number of nitrogens with one attached hydrogen (secondary N) is 1. The first-order chi connectivity index (χ1) is 11.9. The van der Waals surface area contributed by atoms with Gasteiger partial charge < -0.3 is 10.1 Å². The quantitative estimate of drug-likeness (QED) is 0.927. The number of aromatic nitrogens is 2. The van der Waals surface area contributed by atoms with Gasteiger partial charge in [-0.15, -0.1) is 0 Å². The third-order valence-electron chi connectivity index (χ3n) is 5.04. The van der Waals surface area contributed by atoms with Crippen molar-refractivity contribution in [2.75, 3.05) is 13.2 Å². The molecule has 0 bridgehead atoms. The van der Waals surface area contributed by atoms with Crippen LogP contribution in [0.2, 0.25) is 0 Å². The summed E-state index contributed by atoms with van der Waals surface area (Å²) in [5.41, 5.74) is 1.40. The molecule has 1 atom stereocenters. The van der Waals surface area contributed by atoms with E-state index in [0.717, 1.165) is 11.3 Å². The average molecular weight is 345 g/mol. The van der Waals surface area contributed by atoms with Crippen LogP contribution < -0.4 is 5.32 Å². The maximum Gasteiger partial charge on any atom is 0.231 e. The molecule has 1 fully saturated rings. The second kappa shape index (κ2) is 6.96. The predicted molar refractivity (Wildman–Crippen MR) is 92.6 cm³/mol. The van der Waals surface area contributed by atoms with Gasteiger partial charge in [0.1, 0.15) is 5.82 Å². The van der Waals surface area contributed by atoms with Crippen molar-refractivity contribution in [2.45, 2.75) is 38.1 Å². The van der Waals surface area contributed by atoms with Gasteiger partial charge in [-0.3, -0.25) is 9.48 Å². The molecule has 1 aliphatic rings. The Morgan fingerprint density at radius 1 is 1.36 bits per heavy atom. The van der Waals surface area contributed by atoms with E-state index >= 15 is 0 Å². The molecule has 1 aromatic heterocycles. The molecule has 0 radical (unpaired) electrons. The average Bonchev–Trinajstić information content (AvgIpc) is 2.94. The van der Waals surface area contributed by atoms with Gasteiger partial charge in [0.25, 0.3) is 0 Å². The van der Waals surface area contributed by atoms with Gasteiger partial charge in [-0.05, 0) is 32.8 Å². The molecule has 2 aromatic rings. The number of ether oxygens (including phenoxy) is 1. The molecule has 1 N–H and O–H groups in total. The zero-order valence-electron chi connectivity index (χ0n) is 14.9. The summed E-state index contributed by atoms with van der Waals surface area (Å²) in [5.74, 6) is -0.499. The normalized spacial score (nSPS) is 17.9. The van der Waals surface area contributed by atoms with E-state index < -0.39 is 5.41 Å². The number of hydrogen-bond donors (Lipinski definition) is 1. The molecule has 0 spiro atoms. The van der Waals surface area contributed by atoms with Crippen LogP contribution >= 0.6 is 0 Å². The summed E-state index contributed by atoms with van der Waals surface area (Å²) in [7, 11) is 1.85. The van der Waals surface area contributed by atoms with Crippen molar-refractivity contribution in [3.05, 3.63) is 53.1 Å². The second-order valence-electron chi connectivity index (χ2n) is 6.71. The monoisotopic (exact) mass is 345 g/mol. The maximum atomic E-state index is 14.5. The highest BCUT2D eigenvalue weighted by molar-refractivity contribution is 5.88. The minimum Gasteiger partial charge on any atom is -0.381 e. The van der Waals surface area contributed by atoms with Gasteiger partial charge >= 0.3 is 0 Å². The molecular weight excluding hydrogens is 321 g/mol. The highest BCUT2D eigenvalue weighted by Crippen LogP contribution is 2.37. The highest BCUT2D eigenvalue weighted by Gasteiger charge is 2.43. The molecular formula is C19H24FN3O2. The molecule has 0 aliphatic carbocycles. The fraction of sp³-hybridized carbons (Fsp3) is 0.474. The lowest BCUT2D eigenvalue weighted by Gasteiger charge is -2.37. The summed E-state index contributed by atoms with van der Waals surface area (Å²) < 4.78 is 21.6. The summed E-state index contributed by atoms with van der Waals surface area (Å²) >= 11 is 0. The van der Waals surface area contributed by atoms with Crippen molar-refractivity contribution in [3.63, 3.8) is 0 Å². The van der Waals surface area contributed by atoms with E-state index in [2.05, 4.69) is 10.4 Å². The SMILES string of the molecule is Cc1nn(C)cc1C(C)NC(=O)C1(c2ccccc2F)CCOCC1. The van der Waals surface area contributed by atoms with E-state index in [9.17, 15) is 9.18 Å². The molecule has 1 amide bonds. The Hall–Kier alpha value is -2.21. The number of carbonyl (C=O) groups is 1. The summed E-state index contributed by atoms with van der Waals surface area (Å²) in [5, 5.41) is 7.40. The standard InChI is InChI=1S/C19H24FN3O2/c1-13(15-12-23(3)22-14(15)2)21-18(24)19(8-10-25-11-9-19)16-6-4-5-7-17(16)20/h4-7,12-13H,8-11H2,1-3H3,(H,21,24). The van der Waals surface area contributed by atoms with Crippen molar-refractivity contribution in [3.8, 4) is 0 Å². The lowest BCUT2D eigenvalue weighted by molar-refractivity contribution is -0.131. The van der Waals surface area contributed by atoms with Crippen LogP contribution in [0.15, 0.2) is 30.5 Å². The van der Waals surface area contributed by atoms with Crippen LogP contribution in [-0.4, -0.2) is 28.9 Å². The number of carbonyl (C=O) groups excluding carboxylic acids is 1. The summed E-state index contributed by atoms with van der Waals surface area (Å²) in [4.78, 5) is 13.2. The maximum absolute atomic E-state index is 14.5. The topological polar surface area (TPSA) is 56.2 Å². The third kappa shape index (κ3) is 3.31. The molecule has 1 aromatic carbocycles. The molecule has 1 saturated heterocycles. The lowest BCUT2D eigenvalue weighted by atomic mass is 9.73. The van der Waals surface area contributed by atoms with Crippen molar-refractivity contribution in [2.24, 2.45) is 7.05 Å². The minimum absolute atomic E-state index is 0.156. The van der Waals surface area contributed by atoms with Gasteiger partial charge in [-0.1, -0.05) is 18.2 Å². The van der Waals surface area contributed by atoms with Gasteiger partial charge in [0, 0.05) is 37.6 Å². The molecule has 0 saturated carbocycles. The molecule has 3 rings (SSSR count). The van der Waals surface area contributed by atoms with Gasteiger partial charge in [0.15, 0.2) is 0 Å². The minimum atomic E-state index is -0.895. The number of nitrogens with zero attached hydrogens (tertiary/aromatic N) is 2. The Kier molecular flexibility index (Phi) is 4.90. The smallest absolute Gasteiger partial charge is 0.231 e. The first kappa shape index (κ1) is 17.6. The first-order valence-electron chi connectivity index (χ1n) is 8.58. The first-order valence-corrected chi connectivity index (χ1v) is 8.58. The Balaban J connectivity index is 1.90. The number of aryl methyl sites for hydroxylation is 2. The zero-order valence-corrected chi connectivity index (χ0v) is 14.9. The highest BCUT2D eigenvalue weighted by atomic mass is 19.1. The summed E-state index contributed by atoms with van der Waals surface area (Å²) in [6.45, 7) is 4.74. The molecule has 6 heteroatoms. The van der Waals surface area contributed by atoms with Gasteiger partial charge in [-0.25, -0.2) is 4.39 Å². The number of benzene rings is 1. The Bertz CT molecular complexity index is 766. The fourth-order valence-electron chi connectivity index (χ4n) is 3.64. The van der Waals surface area contributed by atoms with Crippen molar-refractivity contribution in [1.29, 1.82) is 0 Å². The number of amides is 1. The van der Waals surface area contributed by atoms with Crippen molar-refractivity contribution in [1.82, 2.24) is 15.1 Å². The van der Waals surface area contributed by atoms with Crippen LogP contribution in [0.4, 0.5) is 4.39 Å². The van der Waals surface area contributed by atoms with E-state index in [-0.39, 0.29) is 17.8 Å². The number of rotatable bonds is 4. The second-order valence-corrected chi connectivity index (χ2v) is 6.71. The van der Waals surface area contributed by atoms with Crippen LogP contribution in [-0.2, 0) is 22.0 Å². The van der Waals surface area contributed by atoms with E-state index in [1.54, 1.807) is 22.9 Å². The largest absolute Gasteiger partial charge is 0.381 e. The van der Waals surface area contributed by atoms with E-state index in [1.807, 2.05) is 27.1 Å². The molecule has 134 valence electrons. The lowest BCUT2D eigenvalue weighted by Crippen LogP contribution is -2.49. The van der Waals surface area contributed by atoms with Gasteiger partial charge in [-0.2, -0.15) is 5.10 Å². The third-order valence-corrected chi connectivity index (χ3v) is 5.04. The van der Waals surface area contributed by atoms with Crippen molar-refractivity contribution >= 4 is 5.91 Å². The fourth-order valence-corrected chi connectivity index (χ4v) is 3.64. The molecule has 5 nitrogen and oxygen atoms in total. The van der Waals surface area contributed by atoms with Crippen LogP contribution in [0.1, 0.15) is 42.6 Å². The molecule has 1 unspecified atom stereocenters. The Morgan fingerprint density at radius 2 is 2.04 bits per heavy atom. The van der Waals surface area contributed by atoms with Crippen molar-refractivity contribution < 1.29 is 13.9 Å². The van der Waals surface area contributed by atoms with Crippen LogP contribution in [0, 0.1) is 12.7 Å². The Labute approximate surface area is 147 Å². The van der Waals surface area contributed by atoms with Gasteiger partial charge in [0.2, 0.25) is 5.91 Å². The van der Waals surface area contributed by atoms with Crippen LogP contribution in [0.25, 0.3) is 0 Å². The Morgan fingerprint density at radius 3 is 2.64 bits per heavy atom. The van der Waals surface area contributed by atoms with Crippen LogP contribution in [0.3, 0.4) is 0 Å². The molecule has 1 aliphatic heterocycles.